The fourth-order valence-corrected chi connectivity index (χ4v) is 2.24. The number of Topliss-reactive ketones (excluding diaryl/α,β-unsaturated/α-hetero) is 1. The highest BCUT2D eigenvalue weighted by molar-refractivity contribution is 6.03. The van der Waals surface area contributed by atoms with E-state index in [9.17, 15) is 10.1 Å². The molecule has 1 aromatic heterocycles. The van der Waals surface area contributed by atoms with Crippen molar-refractivity contribution in [2.75, 3.05) is 13.7 Å². The molecule has 1 heterocycles. The maximum atomic E-state index is 12.7. The molecule has 1 aromatic carbocycles. The molecule has 24 heavy (non-hydrogen) atoms. The molecule has 1 atom stereocenters. The Morgan fingerprint density at radius 2 is 2.12 bits per heavy atom. The van der Waals surface area contributed by atoms with Crippen LogP contribution >= 0.6 is 0 Å². The first kappa shape index (κ1) is 17.5. The lowest BCUT2D eigenvalue weighted by atomic mass is 9.95. The summed E-state index contributed by atoms with van der Waals surface area (Å²) in [5.74, 6) is -0.180. The van der Waals surface area contributed by atoms with Crippen LogP contribution in [0, 0.1) is 11.3 Å². The van der Waals surface area contributed by atoms with Gasteiger partial charge in [-0.3, -0.25) is 9.78 Å². The summed E-state index contributed by atoms with van der Waals surface area (Å²) in [5.41, 5.74) is 0.833. The van der Waals surface area contributed by atoms with Crippen molar-refractivity contribution in [1.29, 1.82) is 5.26 Å². The number of hydrogen-bond donors (Lipinski definition) is 0. The molecule has 0 unspecified atom stereocenters. The molecule has 0 amide bonds. The van der Waals surface area contributed by atoms with Crippen LogP contribution in [0.2, 0.25) is 0 Å². The Labute approximate surface area is 141 Å². The fourth-order valence-electron chi connectivity index (χ4n) is 2.24. The van der Waals surface area contributed by atoms with Crippen molar-refractivity contribution in [1.82, 2.24) is 4.98 Å². The van der Waals surface area contributed by atoms with Gasteiger partial charge in [-0.1, -0.05) is 19.4 Å². The number of hydrogen-bond acceptors (Lipinski definition) is 5. The summed E-state index contributed by atoms with van der Waals surface area (Å²) in [6.07, 6.45) is 3.55. The van der Waals surface area contributed by atoms with Gasteiger partial charge in [0, 0.05) is 11.8 Å². The van der Waals surface area contributed by atoms with Crippen LogP contribution in [0.1, 0.15) is 41.7 Å². The zero-order chi connectivity index (χ0) is 17.4. The van der Waals surface area contributed by atoms with Crippen LogP contribution in [-0.4, -0.2) is 24.5 Å². The second kappa shape index (κ2) is 8.68. The highest BCUT2D eigenvalue weighted by Crippen LogP contribution is 2.30. The van der Waals surface area contributed by atoms with Gasteiger partial charge in [0.1, 0.15) is 0 Å². The van der Waals surface area contributed by atoms with Gasteiger partial charge in [-0.15, -0.1) is 0 Å². The molecule has 0 fully saturated rings. The van der Waals surface area contributed by atoms with Gasteiger partial charge in [-0.05, 0) is 36.8 Å². The molecule has 2 aromatic rings. The molecule has 0 radical (unpaired) electrons. The van der Waals surface area contributed by atoms with Crippen LogP contribution in [0.3, 0.4) is 0 Å². The van der Waals surface area contributed by atoms with E-state index >= 15 is 0 Å². The van der Waals surface area contributed by atoms with Gasteiger partial charge in [0.05, 0.1) is 25.5 Å². The summed E-state index contributed by atoms with van der Waals surface area (Å²) in [5, 5.41) is 9.37. The summed E-state index contributed by atoms with van der Waals surface area (Å²) in [6.45, 7) is 2.68. The van der Waals surface area contributed by atoms with Crippen LogP contribution in [0.5, 0.6) is 11.5 Å². The van der Waals surface area contributed by atoms with E-state index in [-0.39, 0.29) is 5.78 Å². The molecule has 5 nitrogen and oxygen atoms in total. The Hall–Kier alpha value is -2.87. The minimum atomic E-state index is -0.942. The lowest BCUT2D eigenvalue weighted by molar-refractivity contribution is 0.0977. The van der Waals surface area contributed by atoms with Crippen molar-refractivity contribution in [2.24, 2.45) is 0 Å². The summed E-state index contributed by atoms with van der Waals surface area (Å²) >= 11 is 0. The number of rotatable bonds is 8. The van der Waals surface area contributed by atoms with Crippen molar-refractivity contribution in [3.63, 3.8) is 0 Å². The van der Waals surface area contributed by atoms with Crippen LogP contribution in [0.4, 0.5) is 0 Å². The van der Waals surface area contributed by atoms with Gasteiger partial charge in [0.25, 0.3) is 0 Å². The molecular weight excluding hydrogens is 304 g/mol. The third-order valence-corrected chi connectivity index (χ3v) is 3.58. The molecule has 0 saturated heterocycles. The third-order valence-electron chi connectivity index (χ3n) is 3.58. The van der Waals surface area contributed by atoms with E-state index in [1.807, 2.05) is 6.07 Å². The van der Waals surface area contributed by atoms with E-state index < -0.39 is 5.92 Å². The van der Waals surface area contributed by atoms with E-state index in [0.29, 0.717) is 29.4 Å². The minimum absolute atomic E-state index is 0.311. The highest BCUT2D eigenvalue weighted by Gasteiger charge is 2.24. The fraction of sp³-hybridized carbons (Fsp3) is 0.316. The number of carbonyl (C=O) groups is 1. The Morgan fingerprint density at radius 1 is 1.29 bits per heavy atom. The van der Waals surface area contributed by atoms with Crippen LogP contribution < -0.4 is 9.47 Å². The standard InChI is InChI=1S/C19H20N2O3/c1-3-4-11-24-17-9-8-14(12-18(17)23-2)19(22)15(13-20)16-7-5-6-10-21-16/h5-10,12,15H,3-4,11H2,1-2H3/t15-/m0/s1. The lowest BCUT2D eigenvalue weighted by Crippen LogP contribution is -2.13. The Kier molecular flexibility index (Phi) is 6.32. The number of ketones is 1. The Bertz CT molecular complexity index is 723. The van der Waals surface area contributed by atoms with E-state index in [4.69, 9.17) is 9.47 Å². The van der Waals surface area contributed by atoms with Crippen LogP contribution in [0.15, 0.2) is 42.6 Å². The molecule has 0 saturated carbocycles. The summed E-state index contributed by atoms with van der Waals surface area (Å²) < 4.78 is 11.0. The summed E-state index contributed by atoms with van der Waals surface area (Å²) in [4.78, 5) is 16.8. The van der Waals surface area contributed by atoms with Gasteiger partial charge in [0.2, 0.25) is 0 Å². The Morgan fingerprint density at radius 3 is 2.75 bits per heavy atom. The highest BCUT2D eigenvalue weighted by atomic mass is 16.5. The molecule has 5 heteroatoms. The SMILES string of the molecule is CCCCOc1ccc(C(=O)[C@@H](C#N)c2ccccn2)cc1OC. The molecule has 0 aliphatic carbocycles. The third kappa shape index (κ3) is 4.11. The van der Waals surface area contributed by atoms with E-state index in [2.05, 4.69) is 11.9 Å². The van der Waals surface area contributed by atoms with Gasteiger partial charge in [-0.2, -0.15) is 5.26 Å². The normalized spacial score (nSPS) is 11.4. The number of ether oxygens (including phenoxy) is 2. The number of methoxy groups -OCH3 is 1. The van der Waals surface area contributed by atoms with Crippen molar-refractivity contribution in [2.45, 2.75) is 25.7 Å². The molecule has 0 aliphatic heterocycles. The van der Waals surface area contributed by atoms with Crippen molar-refractivity contribution in [3.8, 4) is 17.6 Å². The number of benzene rings is 1. The first-order chi connectivity index (χ1) is 11.7. The van der Waals surface area contributed by atoms with Gasteiger partial charge in [-0.25, -0.2) is 0 Å². The van der Waals surface area contributed by atoms with Crippen molar-refractivity contribution in [3.05, 3.63) is 53.9 Å². The van der Waals surface area contributed by atoms with Gasteiger partial charge >= 0.3 is 0 Å². The largest absolute Gasteiger partial charge is 0.493 e. The quantitative estimate of drug-likeness (QED) is 0.546. The first-order valence-electron chi connectivity index (χ1n) is 7.86. The second-order valence-corrected chi connectivity index (χ2v) is 5.25. The number of aromatic nitrogens is 1. The Balaban J connectivity index is 2.24. The number of carbonyl (C=O) groups excluding carboxylic acids is 1. The molecule has 124 valence electrons. The monoisotopic (exact) mass is 324 g/mol. The molecule has 2 rings (SSSR count). The number of pyridine rings is 1. The number of unbranched alkanes of at least 4 members (excludes halogenated alkanes) is 1. The van der Waals surface area contributed by atoms with Gasteiger partial charge in [0.15, 0.2) is 23.2 Å². The zero-order valence-corrected chi connectivity index (χ0v) is 13.9. The molecule has 0 bridgehead atoms. The van der Waals surface area contributed by atoms with E-state index in [1.165, 1.54) is 7.11 Å². The molecule has 0 aliphatic rings. The summed E-state index contributed by atoms with van der Waals surface area (Å²) in [7, 11) is 1.52. The van der Waals surface area contributed by atoms with E-state index in [1.54, 1.807) is 42.6 Å². The zero-order valence-electron chi connectivity index (χ0n) is 13.9. The molecule has 0 spiro atoms. The molecule has 0 N–H and O–H groups in total. The average Bonchev–Trinajstić information content (AvgIpc) is 2.63. The molecular formula is C19H20N2O3. The van der Waals surface area contributed by atoms with Crippen LogP contribution in [0.25, 0.3) is 0 Å². The number of nitrogens with zero attached hydrogens (tertiary/aromatic N) is 2. The average molecular weight is 324 g/mol. The predicted octanol–water partition coefficient (Wildman–Crippen LogP) is 3.76. The lowest BCUT2D eigenvalue weighted by Gasteiger charge is -2.13. The van der Waals surface area contributed by atoms with Crippen molar-refractivity contribution >= 4 is 5.78 Å². The minimum Gasteiger partial charge on any atom is -0.493 e. The van der Waals surface area contributed by atoms with Crippen LogP contribution in [-0.2, 0) is 0 Å². The topological polar surface area (TPSA) is 72.2 Å². The van der Waals surface area contributed by atoms with Gasteiger partial charge < -0.3 is 9.47 Å². The smallest absolute Gasteiger partial charge is 0.186 e. The number of nitriles is 1. The first-order valence-corrected chi connectivity index (χ1v) is 7.86. The van der Waals surface area contributed by atoms with E-state index in [0.717, 1.165) is 12.8 Å². The maximum Gasteiger partial charge on any atom is 0.186 e. The maximum absolute atomic E-state index is 12.7. The predicted molar refractivity (Wildman–Crippen MR) is 90.3 cm³/mol. The summed E-state index contributed by atoms with van der Waals surface area (Å²) in [6, 6.07) is 12.2. The second-order valence-electron chi connectivity index (χ2n) is 5.25. The van der Waals surface area contributed by atoms with Crippen molar-refractivity contribution < 1.29 is 14.3 Å².